The molecule has 2 rings (SSSR count). The zero-order valence-corrected chi connectivity index (χ0v) is 8.82. The summed E-state index contributed by atoms with van der Waals surface area (Å²) in [6.45, 7) is 3.39. The fraction of sp³-hybridized carbons (Fsp3) is 0.900. The average molecular weight is 198 g/mol. The summed E-state index contributed by atoms with van der Waals surface area (Å²) < 4.78 is 4.95. The van der Waals surface area contributed by atoms with E-state index in [2.05, 4.69) is 5.32 Å². The first-order chi connectivity index (χ1) is 6.75. The van der Waals surface area contributed by atoms with Gasteiger partial charge in [0.25, 0.3) is 0 Å². The highest BCUT2D eigenvalue weighted by atomic mass is 16.5. The number of methoxy groups -OCH3 is 1. The second-order valence-corrected chi connectivity index (χ2v) is 4.26. The van der Waals surface area contributed by atoms with Crippen LogP contribution < -0.4 is 5.32 Å². The second-order valence-electron chi connectivity index (χ2n) is 4.26. The van der Waals surface area contributed by atoms with Crippen LogP contribution in [0.4, 0.5) is 0 Å². The first kappa shape index (κ1) is 9.93. The van der Waals surface area contributed by atoms with Crippen LogP contribution in [-0.2, 0) is 9.53 Å². The van der Waals surface area contributed by atoms with Crippen molar-refractivity contribution in [1.29, 1.82) is 0 Å². The van der Waals surface area contributed by atoms with Gasteiger partial charge in [-0.05, 0) is 24.9 Å². The van der Waals surface area contributed by atoms with Gasteiger partial charge in [0.1, 0.15) is 0 Å². The standard InChI is InChI=1S/C10H18N2O2/c1-12(3-4-14-2)10(13)9-7-5-11-6-8(7)9/h7-9,11H,3-6H2,1-2H3/t7-,8+,9?. The van der Waals surface area contributed by atoms with E-state index in [9.17, 15) is 4.79 Å². The van der Waals surface area contributed by atoms with Gasteiger partial charge in [0.15, 0.2) is 0 Å². The van der Waals surface area contributed by atoms with Crippen LogP contribution in [0.15, 0.2) is 0 Å². The van der Waals surface area contributed by atoms with Gasteiger partial charge in [0.2, 0.25) is 5.91 Å². The lowest BCUT2D eigenvalue weighted by atomic mass is 10.2. The van der Waals surface area contributed by atoms with E-state index in [-0.39, 0.29) is 0 Å². The molecule has 1 amide bonds. The molecule has 1 aliphatic carbocycles. The first-order valence-electron chi connectivity index (χ1n) is 5.20. The minimum atomic E-state index is 0.304. The number of nitrogens with one attached hydrogen (secondary N) is 1. The van der Waals surface area contributed by atoms with E-state index in [0.29, 0.717) is 36.8 Å². The number of hydrogen-bond donors (Lipinski definition) is 1. The van der Waals surface area contributed by atoms with Gasteiger partial charge in [-0.15, -0.1) is 0 Å². The second kappa shape index (κ2) is 3.87. The zero-order valence-electron chi connectivity index (χ0n) is 8.82. The van der Waals surface area contributed by atoms with E-state index in [1.54, 1.807) is 12.0 Å². The quantitative estimate of drug-likeness (QED) is 0.665. The highest BCUT2D eigenvalue weighted by Crippen LogP contribution is 2.49. The van der Waals surface area contributed by atoms with Crippen LogP contribution in [0.3, 0.4) is 0 Å². The Labute approximate surface area is 84.6 Å². The SMILES string of the molecule is COCCN(C)C(=O)C1[C@H]2CNC[C@@H]12. The Kier molecular flexibility index (Phi) is 2.74. The van der Waals surface area contributed by atoms with Crippen molar-refractivity contribution in [2.24, 2.45) is 17.8 Å². The molecule has 4 heteroatoms. The van der Waals surface area contributed by atoms with Gasteiger partial charge in [-0.25, -0.2) is 0 Å². The smallest absolute Gasteiger partial charge is 0.226 e. The summed E-state index contributed by atoms with van der Waals surface area (Å²) in [5, 5.41) is 3.29. The van der Waals surface area contributed by atoms with Crippen LogP contribution in [0.25, 0.3) is 0 Å². The third kappa shape index (κ3) is 1.64. The normalized spacial score (nSPS) is 34.0. The van der Waals surface area contributed by atoms with Gasteiger partial charge in [-0.3, -0.25) is 4.79 Å². The maximum Gasteiger partial charge on any atom is 0.226 e. The molecule has 1 aliphatic heterocycles. The van der Waals surface area contributed by atoms with Gasteiger partial charge in [-0.1, -0.05) is 0 Å². The number of carbonyl (C=O) groups excluding carboxylic acids is 1. The lowest BCUT2D eigenvalue weighted by Crippen LogP contribution is -2.34. The summed E-state index contributed by atoms with van der Waals surface area (Å²) in [6.07, 6.45) is 0. The van der Waals surface area contributed by atoms with E-state index in [1.807, 2.05) is 7.05 Å². The van der Waals surface area contributed by atoms with E-state index in [1.165, 1.54) is 0 Å². The number of fused-ring (bicyclic) bond motifs is 1. The molecule has 14 heavy (non-hydrogen) atoms. The molecule has 80 valence electrons. The zero-order chi connectivity index (χ0) is 10.1. The van der Waals surface area contributed by atoms with Crippen molar-refractivity contribution in [2.45, 2.75) is 0 Å². The lowest BCUT2D eigenvalue weighted by Gasteiger charge is -2.17. The fourth-order valence-corrected chi connectivity index (χ4v) is 2.38. The van der Waals surface area contributed by atoms with Crippen molar-refractivity contribution in [1.82, 2.24) is 10.2 Å². The number of hydrogen-bond acceptors (Lipinski definition) is 3. The molecule has 2 fully saturated rings. The van der Waals surface area contributed by atoms with Crippen LogP contribution in [0.2, 0.25) is 0 Å². The number of ether oxygens (including phenoxy) is 1. The average Bonchev–Trinajstić information content (AvgIpc) is 2.66. The molecule has 0 radical (unpaired) electrons. The monoisotopic (exact) mass is 198 g/mol. The Morgan fingerprint density at radius 1 is 1.50 bits per heavy atom. The minimum Gasteiger partial charge on any atom is -0.383 e. The molecular formula is C10H18N2O2. The number of amides is 1. The Bertz CT molecular complexity index is 222. The topological polar surface area (TPSA) is 41.6 Å². The van der Waals surface area contributed by atoms with Crippen molar-refractivity contribution in [3.8, 4) is 0 Å². The number of carbonyl (C=O) groups is 1. The minimum absolute atomic E-state index is 0.304. The van der Waals surface area contributed by atoms with Crippen molar-refractivity contribution in [2.75, 3.05) is 40.4 Å². The molecule has 1 saturated heterocycles. The Morgan fingerprint density at radius 3 is 2.71 bits per heavy atom. The molecule has 1 heterocycles. The molecule has 4 nitrogen and oxygen atoms in total. The van der Waals surface area contributed by atoms with Crippen molar-refractivity contribution >= 4 is 5.91 Å². The molecule has 1 unspecified atom stereocenters. The number of rotatable bonds is 4. The maximum atomic E-state index is 11.9. The van der Waals surface area contributed by atoms with Crippen molar-refractivity contribution in [3.63, 3.8) is 0 Å². The fourth-order valence-electron chi connectivity index (χ4n) is 2.38. The summed E-state index contributed by atoms with van der Waals surface area (Å²) in [6, 6.07) is 0. The van der Waals surface area contributed by atoms with E-state index in [4.69, 9.17) is 4.74 Å². The van der Waals surface area contributed by atoms with Crippen LogP contribution in [-0.4, -0.2) is 51.2 Å². The number of piperidine rings is 1. The largest absolute Gasteiger partial charge is 0.383 e. The Balaban J connectivity index is 1.78. The highest BCUT2D eigenvalue weighted by molar-refractivity contribution is 5.82. The molecule has 0 spiro atoms. The van der Waals surface area contributed by atoms with Crippen LogP contribution >= 0.6 is 0 Å². The number of likely N-dealkylation sites (N-methyl/N-ethyl adjacent to an activating group) is 1. The van der Waals surface area contributed by atoms with E-state index >= 15 is 0 Å². The van der Waals surface area contributed by atoms with Gasteiger partial charge >= 0.3 is 0 Å². The summed E-state index contributed by atoms with van der Waals surface area (Å²) in [4.78, 5) is 13.7. The van der Waals surface area contributed by atoms with Gasteiger partial charge in [0.05, 0.1) is 6.61 Å². The molecule has 0 aromatic carbocycles. The Morgan fingerprint density at radius 2 is 2.14 bits per heavy atom. The molecule has 0 bridgehead atoms. The molecule has 0 aromatic rings. The van der Waals surface area contributed by atoms with Gasteiger partial charge < -0.3 is 15.0 Å². The Hall–Kier alpha value is -0.610. The van der Waals surface area contributed by atoms with Crippen LogP contribution in [0, 0.1) is 17.8 Å². The molecule has 1 N–H and O–H groups in total. The molecule has 2 aliphatic rings. The summed E-state index contributed by atoms with van der Waals surface area (Å²) in [5.41, 5.74) is 0. The summed E-state index contributed by atoms with van der Waals surface area (Å²) in [7, 11) is 3.52. The third-order valence-corrected chi connectivity index (χ3v) is 3.38. The van der Waals surface area contributed by atoms with E-state index in [0.717, 1.165) is 13.1 Å². The maximum absolute atomic E-state index is 11.9. The van der Waals surface area contributed by atoms with Crippen molar-refractivity contribution in [3.05, 3.63) is 0 Å². The summed E-state index contributed by atoms with van der Waals surface area (Å²) >= 11 is 0. The highest BCUT2D eigenvalue weighted by Gasteiger charge is 2.57. The third-order valence-electron chi connectivity index (χ3n) is 3.38. The lowest BCUT2D eigenvalue weighted by molar-refractivity contribution is -0.132. The predicted molar refractivity (Wildman–Crippen MR) is 52.9 cm³/mol. The summed E-state index contributed by atoms with van der Waals surface area (Å²) in [5.74, 6) is 1.84. The first-order valence-corrected chi connectivity index (χ1v) is 5.20. The molecule has 3 atom stereocenters. The van der Waals surface area contributed by atoms with Crippen LogP contribution in [0.1, 0.15) is 0 Å². The molecule has 0 aromatic heterocycles. The van der Waals surface area contributed by atoms with Gasteiger partial charge in [-0.2, -0.15) is 0 Å². The van der Waals surface area contributed by atoms with E-state index < -0.39 is 0 Å². The number of nitrogens with zero attached hydrogens (tertiary/aromatic N) is 1. The molecule has 1 saturated carbocycles. The van der Waals surface area contributed by atoms with Gasteiger partial charge in [0, 0.05) is 26.6 Å². The predicted octanol–water partition coefficient (Wildman–Crippen LogP) is -0.443. The van der Waals surface area contributed by atoms with Crippen molar-refractivity contribution < 1.29 is 9.53 Å². The van der Waals surface area contributed by atoms with Crippen LogP contribution in [0.5, 0.6) is 0 Å². The molecular weight excluding hydrogens is 180 g/mol.